The molecule has 3 rings (SSSR count). The maximum absolute atomic E-state index is 13.1. The lowest BCUT2D eigenvalue weighted by Crippen LogP contribution is -2.24. The number of hydrogen-bond donors (Lipinski definition) is 2. The molecule has 0 radical (unpaired) electrons. The van der Waals surface area contributed by atoms with Gasteiger partial charge in [-0.2, -0.15) is 5.10 Å². The molecule has 0 saturated heterocycles. The third kappa shape index (κ3) is 3.81. The van der Waals surface area contributed by atoms with E-state index < -0.39 is 0 Å². The molecule has 8 heteroatoms. The number of nitrogens with one attached hydrogen (secondary N) is 1. The van der Waals surface area contributed by atoms with Crippen LogP contribution in [0.2, 0.25) is 0 Å². The van der Waals surface area contributed by atoms with Crippen LogP contribution in [0.3, 0.4) is 0 Å². The number of carbonyl (C=O) groups excluding carboxylic acids is 1. The predicted molar refractivity (Wildman–Crippen MR) is 98.9 cm³/mol. The van der Waals surface area contributed by atoms with E-state index in [4.69, 9.17) is 5.73 Å². The molecule has 6 nitrogen and oxygen atoms in total. The fourth-order valence-electron chi connectivity index (χ4n) is 2.48. The van der Waals surface area contributed by atoms with E-state index in [0.29, 0.717) is 12.2 Å². The Morgan fingerprint density at radius 2 is 2.04 bits per heavy atom. The van der Waals surface area contributed by atoms with Crippen LogP contribution in [0.15, 0.2) is 30.5 Å². The predicted octanol–water partition coefficient (Wildman–Crippen LogP) is 3.03. The number of benzene rings is 1. The molecule has 0 saturated carbocycles. The zero-order chi connectivity index (χ0) is 18.8. The maximum atomic E-state index is 13.1. The van der Waals surface area contributed by atoms with Crippen molar-refractivity contribution in [2.45, 2.75) is 33.4 Å². The molecule has 0 aliphatic heterocycles. The van der Waals surface area contributed by atoms with Crippen molar-refractivity contribution in [3.8, 4) is 5.69 Å². The summed E-state index contributed by atoms with van der Waals surface area (Å²) in [6.07, 6.45) is 1.82. The first kappa shape index (κ1) is 18.2. The molecule has 1 aromatic carbocycles. The average molecular weight is 373 g/mol. The van der Waals surface area contributed by atoms with Gasteiger partial charge in [0.25, 0.3) is 5.91 Å². The molecule has 1 amide bonds. The van der Waals surface area contributed by atoms with Gasteiger partial charge in [-0.25, -0.2) is 14.1 Å². The van der Waals surface area contributed by atoms with E-state index in [-0.39, 0.29) is 17.8 Å². The van der Waals surface area contributed by atoms with Gasteiger partial charge in [0.05, 0.1) is 17.4 Å². The molecule has 0 aliphatic rings. The molecule has 1 unspecified atom stereocenters. The van der Waals surface area contributed by atoms with E-state index in [2.05, 4.69) is 15.4 Å². The van der Waals surface area contributed by atoms with Crippen molar-refractivity contribution in [1.82, 2.24) is 20.1 Å². The standard InChI is InChI=1S/C18H20FN5OS/c1-10(20)18-22-16(12(3)26-18)17(25)21-8-13-9-24(23-11(13)2)15-6-4-14(19)5-7-15/h4-7,9-10H,8,20H2,1-3H3,(H,21,25). The lowest BCUT2D eigenvalue weighted by Gasteiger charge is -2.03. The Morgan fingerprint density at radius 1 is 1.35 bits per heavy atom. The summed E-state index contributed by atoms with van der Waals surface area (Å²) in [5, 5.41) is 8.04. The second-order valence-electron chi connectivity index (χ2n) is 6.09. The number of halogens is 1. The van der Waals surface area contributed by atoms with Crippen LogP contribution < -0.4 is 11.1 Å². The Bertz CT molecular complexity index is 930. The zero-order valence-corrected chi connectivity index (χ0v) is 15.6. The maximum Gasteiger partial charge on any atom is 0.271 e. The number of carbonyl (C=O) groups is 1. The highest BCUT2D eigenvalue weighted by Crippen LogP contribution is 2.22. The van der Waals surface area contributed by atoms with Crippen LogP contribution >= 0.6 is 11.3 Å². The molecular weight excluding hydrogens is 353 g/mol. The molecule has 2 aromatic heterocycles. The summed E-state index contributed by atoms with van der Waals surface area (Å²) in [6.45, 7) is 5.89. The van der Waals surface area contributed by atoms with Gasteiger partial charge in [-0.15, -0.1) is 11.3 Å². The quantitative estimate of drug-likeness (QED) is 0.720. The summed E-state index contributed by atoms with van der Waals surface area (Å²) in [5.74, 6) is -0.533. The van der Waals surface area contributed by atoms with E-state index in [1.54, 1.807) is 16.8 Å². The first-order valence-corrected chi connectivity index (χ1v) is 8.99. The number of hydrogen-bond acceptors (Lipinski definition) is 5. The highest BCUT2D eigenvalue weighted by molar-refractivity contribution is 7.11. The van der Waals surface area contributed by atoms with Gasteiger partial charge in [0.15, 0.2) is 0 Å². The van der Waals surface area contributed by atoms with Crippen molar-refractivity contribution in [2.24, 2.45) is 5.73 Å². The molecule has 0 aliphatic carbocycles. The van der Waals surface area contributed by atoms with Gasteiger partial charge in [0.2, 0.25) is 0 Å². The van der Waals surface area contributed by atoms with E-state index in [1.165, 1.54) is 23.5 Å². The molecule has 0 fully saturated rings. The van der Waals surface area contributed by atoms with Crippen LogP contribution in [0.5, 0.6) is 0 Å². The minimum atomic E-state index is -0.296. The number of nitrogens with zero attached hydrogens (tertiary/aromatic N) is 3. The Morgan fingerprint density at radius 3 is 2.65 bits per heavy atom. The van der Waals surface area contributed by atoms with E-state index in [1.807, 2.05) is 27.0 Å². The molecule has 0 bridgehead atoms. The fourth-order valence-corrected chi connectivity index (χ4v) is 3.35. The number of amides is 1. The smallest absolute Gasteiger partial charge is 0.271 e. The molecular formula is C18H20FN5OS. The number of aryl methyl sites for hydroxylation is 2. The van der Waals surface area contributed by atoms with Crippen LogP contribution in [0.25, 0.3) is 5.69 Å². The van der Waals surface area contributed by atoms with E-state index in [9.17, 15) is 9.18 Å². The van der Waals surface area contributed by atoms with Gasteiger partial charge < -0.3 is 11.1 Å². The number of thiazole rings is 1. The average Bonchev–Trinajstić information content (AvgIpc) is 3.16. The molecule has 3 N–H and O–H groups in total. The first-order chi connectivity index (χ1) is 12.3. The third-order valence-corrected chi connectivity index (χ3v) is 5.12. The SMILES string of the molecule is Cc1nn(-c2ccc(F)cc2)cc1CNC(=O)c1nc(C(C)N)sc1C. The Labute approximate surface area is 154 Å². The molecule has 3 aromatic rings. The lowest BCUT2D eigenvalue weighted by atomic mass is 10.2. The fraction of sp³-hybridized carbons (Fsp3) is 0.278. The molecule has 0 spiro atoms. The van der Waals surface area contributed by atoms with Crippen LogP contribution in [-0.4, -0.2) is 20.7 Å². The minimum Gasteiger partial charge on any atom is -0.346 e. The van der Waals surface area contributed by atoms with Gasteiger partial charge in [-0.1, -0.05) is 0 Å². The summed E-state index contributed by atoms with van der Waals surface area (Å²) in [4.78, 5) is 17.6. The Kier molecular flexibility index (Phi) is 5.15. The number of rotatable bonds is 5. The lowest BCUT2D eigenvalue weighted by molar-refractivity contribution is 0.0946. The van der Waals surface area contributed by atoms with Gasteiger partial charge in [-0.05, 0) is 45.0 Å². The van der Waals surface area contributed by atoms with Crippen LogP contribution in [-0.2, 0) is 6.54 Å². The summed E-state index contributed by atoms with van der Waals surface area (Å²) in [5.41, 5.74) is 8.66. The monoisotopic (exact) mass is 373 g/mol. The van der Waals surface area contributed by atoms with Crippen molar-refractivity contribution in [3.63, 3.8) is 0 Å². The summed E-state index contributed by atoms with van der Waals surface area (Å²) in [7, 11) is 0. The normalized spacial score (nSPS) is 12.2. The van der Waals surface area contributed by atoms with Crippen molar-refractivity contribution in [1.29, 1.82) is 0 Å². The van der Waals surface area contributed by atoms with Gasteiger partial charge in [-0.3, -0.25) is 4.79 Å². The Balaban J connectivity index is 1.72. The molecule has 1 atom stereocenters. The molecule has 136 valence electrons. The van der Waals surface area contributed by atoms with Crippen molar-refractivity contribution in [2.75, 3.05) is 0 Å². The summed E-state index contributed by atoms with van der Waals surface area (Å²) in [6, 6.07) is 5.87. The number of nitrogens with two attached hydrogens (primary N) is 1. The minimum absolute atomic E-state index is 0.198. The molecule has 26 heavy (non-hydrogen) atoms. The van der Waals surface area contributed by atoms with Gasteiger partial charge in [0.1, 0.15) is 16.5 Å². The summed E-state index contributed by atoms with van der Waals surface area (Å²) >= 11 is 1.43. The largest absolute Gasteiger partial charge is 0.346 e. The Hall–Kier alpha value is -2.58. The second kappa shape index (κ2) is 7.35. The van der Waals surface area contributed by atoms with Crippen molar-refractivity contribution in [3.05, 3.63) is 63.1 Å². The van der Waals surface area contributed by atoms with Gasteiger partial charge in [0, 0.05) is 23.2 Å². The van der Waals surface area contributed by atoms with Crippen molar-refractivity contribution >= 4 is 17.2 Å². The third-order valence-electron chi connectivity index (χ3n) is 3.95. The van der Waals surface area contributed by atoms with Gasteiger partial charge >= 0.3 is 0 Å². The zero-order valence-electron chi connectivity index (χ0n) is 14.8. The highest BCUT2D eigenvalue weighted by Gasteiger charge is 2.17. The van der Waals surface area contributed by atoms with E-state index in [0.717, 1.165) is 26.8 Å². The van der Waals surface area contributed by atoms with Crippen molar-refractivity contribution < 1.29 is 9.18 Å². The van der Waals surface area contributed by atoms with E-state index >= 15 is 0 Å². The summed E-state index contributed by atoms with van der Waals surface area (Å²) < 4.78 is 14.7. The number of aromatic nitrogens is 3. The van der Waals surface area contributed by atoms with Crippen LogP contribution in [0.4, 0.5) is 4.39 Å². The first-order valence-electron chi connectivity index (χ1n) is 8.17. The van der Waals surface area contributed by atoms with Crippen LogP contribution in [0.1, 0.15) is 44.6 Å². The topological polar surface area (TPSA) is 85.8 Å². The molecule has 2 heterocycles. The second-order valence-corrected chi connectivity index (χ2v) is 7.32. The highest BCUT2D eigenvalue weighted by atomic mass is 32.1. The van der Waals surface area contributed by atoms with Crippen LogP contribution in [0, 0.1) is 19.7 Å².